The van der Waals surface area contributed by atoms with E-state index in [4.69, 9.17) is 17.3 Å². The first-order chi connectivity index (χ1) is 15.1. The summed E-state index contributed by atoms with van der Waals surface area (Å²) in [7, 11) is 0. The highest BCUT2D eigenvalue weighted by Crippen LogP contribution is 2.51. The Morgan fingerprint density at radius 1 is 1.34 bits per heavy atom. The third kappa shape index (κ3) is 3.48. The van der Waals surface area contributed by atoms with Crippen molar-refractivity contribution in [2.24, 2.45) is 11.1 Å². The van der Waals surface area contributed by atoms with Gasteiger partial charge in [0.25, 0.3) is 5.69 Å². The Morgan fingerprint density at radius 2 is 2.06 bits per heavy atom. The molecule has 1 aromatic carbocycles. The molecule has 164 valence electrons. The van der Waals surface area contributed by atoms with E-state index in [-0.39, 0.29) is 33.3 Å². The average molecular weight is 469 g/mol. The standard InChI is InChI=1S/C23H21ClN4O3S/c1-12-14(6-7-32-12)20-15(11-25)22(26)27(17-5-4-13(28(30)31)8-16(17)24)18-9-23(2,3)10-19(29)21(18)20/h4-8,20H,9-10,26H2,1-3H3/t20-/m1/s1. The number of hydrogen-bond donors (Lipinski definition) is 1. The van der Waals surface area contributed by atoms with Crippen LogP contribution in [0, 0.1) is 33.8 Å². The second kappa shape index (κ2) is 7.76. The SMILES string of the molecule is Cc1sccc1[C@@H]1C(C#N)=C(N)N(c2ccc([N+](=O)[O-])cc2Cl)C2=C1C(=O)CC(C)(C)C2. The lowest BCUT2D eigenvalue weighted by Crippen LogP contribution is -2.42. The molecule has 7 nitrogen and oxygen atoms in total. The minimum Gasteiger partial charge on any atom is -0.384 e. The number of carbonyl (C=O) groups excluding carboxylic acids is 1. The van der Waals surface area contributed by atoms with Gasteiger partial charge >= 0.3 is 0 Å². The lowest BCUT2D eigenvalue weighted by atomic mass is 9.68. The highest BCUT2D eigenvalue weighted by molar-refractivity contribution is 7.10. The predicted octanol–water partition coefficient (Wildman–Crippen LogP) is 5.56. The molecule has 2 N–H and O–H groups in total. The van der Waals surface area contributed by atoms with Gasteiger partial charge in [-0.15, -0.1) is 11.3 Å². The van der Waals surface area contributed by atoms with Crippen LogP contribution in [0.4, 0.5) is 11.4 Å². The van der Waals surface area contributed by atoms with Crippen LogP contribution in [0.1, 0.15) is 43.0 Å². The third-order valence-electron chi connectivity index (χ3n) is 5.97. The van der Waals surface area contributed by atoms with Crippen LogP contribution in [0.25, 0.3) is 0 Å². The third-order valence-corrected chi connectivity index (χ3v) is 7.14. The van der Waals surface area contributed by atoms with Crippen molar-refractivity contribution in [3.8, 4) is 6.07 Å². The summed E-state index contributed by atoms with van der Waals surface area (Å²) in [4.78, 5) is 26.8. The monoisotopic (exact) mass is 468 g/mol. The number of hydrogen-bond acceptors (Lipinski definition) is 7. The molecule has 0 saturated heterocycles. The lowest BCUT2D eigenvalue weighted by Gasteiger charge is -2.44. The molecule has 9 heteroatoms. The number of benzene rings is 1. The maximum Gasteiger partial charge on any atom is 0.271 e. The van der Waals surface area contributed by atoms with Gasteiger partial charge < -0.3 is 5.73 Å². The number of nitrogens with zero attached hydrogens (tertiary/aromatic N) is 3. The molecule has 1 aromatic heterocycles. The smallest absolute Gasteiger partial charge is 0.271 e. The second-order valence-electron chi connectivity index (χ2n) is 8.81. The molecule has 0 radical (unpaired) electrons. The van der Waals surface area contributed by atoms with Gasteiger partial charge in [0.1, 0.15) is 5.82 Å². The van der Waals surface area contributed by atoms with Gasteiger partial charge in [-0.05, 0) is 41.8 Å². The molecule has 4 rings (SSSR count). The molecule has 0 unspecified atom stereocenters. The Kier molecular flexibility index (Phi) is 5.35. The van der Waals surface area contributed by atoms with Crippen molar-refractivity contribution in [3.05, 3.63) is 77.9 Å². The van der Waals surface area contributed by atoms with Gasteiger partial charge in [-0.25, -0.2) is 0 Å². The van der Waals surface area contributed by atoms with Crippen LogP contribution in [0.15, 0.2) is 52.3 Å². The van der Waals surface area contributed by atoms with Gasteiger partial charge in [0.05, 0.1) is 33.2 Å². The summed E-state index contributed by atoms with van der Waals surface area (Å²) in [5.74, 6) is -0.392. The molecule has 1 atom stereocenters. The Morgan fingerprint density at radius 3 is 2.62 bits per heavy atom. The van der Waals surface area contributed by atoms with Crippen LogP contribution in [-0.2, 0) is 4.79 Å². The Bertz CT molecular complexity index is 1270. The second-order valence-corrected chi connectivity index (χ2v) is 10.3. The molecule has 32 heavy (non-hydrogen) atoms. The summed E-state index contributed by atoms with van der Waals surface area (Å²) >= 11 is 8.00. The van der Waals surface area contributed by atoms with Crippen LogP contribution >= 0.6 is 22.9 Å². The van der Waals surface area contributed by atoms with Crippen molar-refractivity contribution in [2.75, 3.05) is 4.90 Å². The van der Waals surface area contributed by atoms with Crippen molar-refractivity contribution >= 4 is 40.1 Å². The van der Waals surface area contributed by atoms with E-state index in [1.54, 1.807) is 16.2 Å². The van der Waals surface area contributed by atoms with Crippen molar-refractivity contribution in [1.82, 2.24) is 0 Å². The predicted molar refractivity (Wildman–Crippen MR) is 124 cm³/mol. The summed E-state index contributed by atoms with van der Waals surface area (Å²) in [6.07, 6.45) is 0.895. The van der Waals surface area contributed by atoms with Crippen molar-refractivity contribution < 1.29 is 9.72 Å². The van der Waals surface area contributed by atoms with E-state index >= 15 is 0 Å². The molecule has 2 aliphatic rings. The number of ketones is 1. The normalized spacial score (nSPS) is 20.3. The molecule has 0 spiro atoms. The first-order valence-electron chi connectivity index (χ1n) is 10.00. The maximum absolute atomic E-state index is 13.5. The van der Waals surface area contributed by atoms with Crippen molar-refractivity contribution in [2.45, 2.75) is 39.5 Å². The number of aryl methyl sites for hydroxylation is 1. The zero-order chi connectivity index (χ0) is 23.4. The largest absolute Gasteiger partial charge is 0.384 e. The highest BCUT2D eigenvalue weighted by atomic mass is 35.5. The van der Waals surface area contributed by atoms with Crippen molar-refractivity contribution in [3.63, 3.8) is 0 Å². The number of carbonyl (C=O) groups is 1. The van der Waals surface area contributed by atoms with Gasteiger partial charge in [-0.3, -0.25) is 19.8 Å². The summed E-state index contributed by atoms with van der Waals surface area (Å²) in [5.41, 5.74) is 8.90. The fraction of sp³-hybridized carbons (Fsp3) is 0.304. The van der Waals surface area contributed by atoms with Gasteiger partial charge in [0.15, 0.2) is 5.78 Å². The number of non-ortho nitro benzene ring substituents is 1. The number of nitro groups is 1. The zero-order valence-corrected chi connectivity index (χ0v) is 19.4. The van der Waals surface area contributed by atoms with E-state index in [0.29, 0.717) is 29.8 Å². The summed E-state index contributed by atoms with van der Waals surface area (Å²) in [6, 6.07) is 8.25. The van der Waals surface area contributed by atoms with E-state index in [1.165, 1.54) is 18.2 Å². The number of nitro benzene ring substituents is 1. The molecular formula is C23H21ClN4O3S. The quantitative estimate of drug-likeness (QED) is 0.466. The van der Waals surface area contributed by atoms with E-state index in [0.717, 1.165) is 10.4 Å². The molecule has 2 aromatic rings. The number of rotatable bonds is 3. The molecule has 0 saturated carbocycles. The topological polar surface area (TPSA) is 113 Å². The lowest BCUT2D eigenvalue weighted by molar-refractivity contribution is -0.384. The minimum absolute atomic E-state index is 0.0323. The first-order valence-corrected chi connectivity index (χ1v) is 11.3. The molecule has 0 fully saturated rings. The van der Waals surface area contributed by atoms with E-state index in [1.807, 2.05) is 32.2 Å². The van der Waals surface area contributed by atoms with Crippen LogP contribution in [0.3, 0.4) is 0 Å². The molecule has 0 bridgehead atoms. The Labute approximate surface area is 194 Å². The van der Waals surface area contributed by atoms with Gasteiger partial charge in [0, 0.05) is 34.7 Å². The fourth-order valence-corrected chi connectivity index (χ4v) is 5.58. The van der Waals surface area contributed by atoms with E-state index in [9.17, 15) is 20.2 Å². The number of anilines is 1. The van der Waals surface area contributed by atoms with Crippen molar-refractivity contribution in [1.29, 1.82) is 5.26 Å². The summed E-state index contributed by atoms with van der Waals surface area (Å²) in [6.45, 7) is 5.98. The minimum atomic E-state index is -0.544. The number of allylic oxidation sites excluding steroid dienone is 3. The van der Waals surface area contributed by atoms with Crippen LogP contribution in [0.2, 0.25) is 5.02 Å². The van der Waals surface area contributed by atoms with E-state index in [2.05, 4.69) is 6.07 Å². The Balaban J connectivity index is 2.01. The van der Waals surface area contributed by atoms with Crippen LogP contribution in [-0.4, -0.2) is 10.7 Å². The van der Waals surface area contributed by atoms with Crippen LogP contribution in [0.5, 0.6) is 0 Å². The molecule has 1 aliphatic heterocycles. The summed E-state index contributed by atoms with van der Waals surface area (Å²) < 4.78 is 0. The first kappa shape index (κ1) is 22.1. The van der Waals surface area contributed by atoms with Gasteiger partial charge in [0.2, 0.25) is 0 Å². The number of thiophene rings is 1. The number of halogens is 1. The zero-order valence-electron chi connectivity index (χ0n) is 17.8. The number of nitriles is 1. The highest BCUT2D eigenvalue weighted by Gasteiger charge is 2.45. The average Bonchev–Trinajstić information content (AvgIpc) is 3.12. The van der Waals surface area contributed by atoms with Gasteiger partial charge in [-0.2, -0.15) is 5.26 Å². The molecule has 2 heterocycles. The fourth-order valence-electron chi connectivity index (χ4n) is 4.58. The maximum atomic E-state index is 13.5. The van der Waals surface area contributed by atoms with E-state index < -0.39 is 10.8 Å². The number of Topliss-reactive ketones (excluding diaryl/α,β-unsaturated/α-hetero) is 1. The molecule has 0 amide bonds. The van der Waals surface area contributed by atoms with Gasteiger partial charge in [-0.1, -0.05) is 25.4 Å². The van der Waals surface area contributed by atoms with Crippen LogP contribution < -0.4 is 10.6 Å². The summed E-state index contributed by atoms with van der Waals surface area (Å²) in [5, 5.41) is 23.3. The molecular weight excluding hydrogens is 448 g/mol. The molecule has 1 aliphatic carbocycles. The Hall–Kier alpha value is -3.15. The number of nitrogens with two attached hydrogens (primary N) is 1.